The molecule has 0 saturated heterocycles. The van der Waals surface area contributed by atoms with Gasteiger partial charge < -0.3 is 9.47 Å². The zero-order valence-electron chi connectivity index (χ0n) is 16.7. The van der Waals surface area contributed by atoms with Gasteiger partial charge in [-0.05, 0) is 45.4 Å². The first kappa shape index (κ1) is 21.2. The molecule has 0 aromatic heterocycles. The van der Waals surface area contributed by atoms with Crippen molar-refractivity contribution >= 4 is 17.7 Å². The summed E-state index contributed by atoms with van der Waals surface area (Å²) in [7, 11) is 0. The molecular formula is C23H25NO4. The monoisotopic (exact) mass is 379 g/mol. The van der Waals surface area contributed by atoms with E-state index in [0.29, 0.717) is 22.5 Å². The molecule has 1 aliphatic rings. The Morgan fingerprint density at radius 3 is 2.68 bits per heavy atom. The summed E-state index contributed by atoms with van der Waals surface area (Å²) >= 11 is 0. The molecule has 0 bridgehead atoms. The van der Waals surface area contributed by atoms with Crippen LogP contribution in [0.2, 0.25) is 0 Å². The van der Waals surface area contributed by atoms with Gasteiger partial charge in [-0.15, -0.1) is 6.42 Å². The highest BCUT2D eigenvalue weighted by molar-refractivity contribution is 6.07. The molecule has 0 radical (unpaired) electrons. The molecule has 5 nitrogen and oxygen atoms in total. The number of benzene rings is 1. The lowest BCUT2D eigenvalue weighted by atomic mass is 9.75. The first-order valence-electron chi connectivity index (χ1n) is 9.22. The van der Waals surface area contributed by atoms with Crippen molar-refractivity contribution in [2.75, 3.05) is 13.2 Å². The number of allylic oxidation sites excluding steroid dienone is 2. The van der Waals surface area contributed by atoms with E-state index in [1.54, 1.807) is 39.0 Å². The molecule has 0 N–H and O–H groups in total. The van der Waals surface area contributed by atoms with Crippen LogP contribution in [0, 0.1) is 18.3 Å². The van der Waals surface area contributed by atoms with Crippen LogP contribution in [0.5, 0.6) is 0 Å². The second-order valence-corrected chi connectivity index (χ2v) is 6.40. The van der Waals surface area contributed by atoms with Crippen LogP contribution in [-0.4, -0.2) is 30.9 Å². The maximum atomic E-state index is 12.9. The van der Waals surface area contributed by atoms with Crippen LogP contribution in [-0.2, 0) is 19.1 Å². The lowest BCUT2D eigenvalue weighted by molar-refractivity contribution is -0.146. The van der Waals surface area contributed by atoms with E-state index >= 15 is 0 Å². The van der Waals surface area contributed by atoms with Gasteiger partial charge in [-0.1, -0.05) is 30.2 Å². The second kappa shape index (κ2) is 9.70. The fourth-order valence-corrected chi connectivity index (χ4v) is 3.32. The molecule has 2 rings (SSSR count). The summed E-state index contributed by atoms with van der Waals surface area (Å²) in [6.45, 7) is 7.49. The van der Waals surface area contributed by atoms with Crippen LogP contribution in [0.25, 0.3) is 0 Å². The fourth-order valence-electron chi connectivity index (χ4n) is 3.32. The Morgan fingerprint density at radius 2 is 2.04 bits per heavy atom. The molecule has 1 heterocycles. The maximum Gasteiger partial charge on any atom is 0.336 e. The van der Waals surface area contributed by atoms with Gasteiger partial charge in [-0.3, -0.25) is 9.79 Å². The second-order valence-electron chi connectivity index (χ2n) is 6.40. The Balaban J connectivity index is 2.59. The van der Waals surface area contributed by atoms with Crippen molar-refractivity contribution < 1.29 is 19.1 Å². The molecule has 0 amide bonds. The molecule has 2 atom stereocenters. The van der Waals surface area contributed by atoms with Crippen LogP contribution in [0.3, 0.4) is 0 Å². The summed E-state index contributed by atoms with van der Waals surface area (Å²) < 4.78 is 10.7. The van der Waals surface area contributed by atoms with Gasteiger partial charge in [0.15, 0.2) is 0 Å². The van der Waals surface area contributed by atoms with E-state index in [4.69, 9.17) is 15.9 Å². The smallest absolute Gasteiger partial charge is 0.336 e. The lowest BCUT2D eigenvalue weighted by Gasteiger charge is -2.31. The molecule has 0 saturated carbocycles. The van der Waals surface area contributed by atoms with E-state index in [1.165, 1.54) is 0 Å². The average molecular weight is 379 g/mol. The normalized spacial score (nSPS) is 19.2. The number of terminal acetylenes is 1. The zero-order chi connectivity index (χ0) is 20.7. The molecule has 0 spiro atoms. The molecule has 28 heavy (non-hydrogen) atoms. The highest BCUT2D eigenvalue weighted by atomic mass is 16.5. The van der Waals surface area contributed by atoms with Crippen molar-refractivity contribution in [2.45, 2.75) is 33.6 Å². The van der Waals surface area contributed by atoms with Gasteiger partial charge in [0, 0.05) is 22.9 Å². The van der Waals surface area contributed by atoms with Crippen LogP contribution in [0.15, 0.2) is 52.7 Å². The third-order valence-electron chi connectivity index (χ3n) is 4.55. The van der Waals surface area contributed by atoms with E-state index in [0.717, 1.165) is 5.56 Å². The summed E-state index contributed by atoms with van der Waals surface area (Å²) in [6.07, 6.45) is 9.08. The molecule has 1 aliphatic heterocycles. The van der Waals surface area contributed by atoms with Crippen LogP contribution >= 0.6 is 0 Å². The van der Waals surface area contributed by atoms with Crippen LogP contribution < -0.4 is 0 Å². The molecular weight excluding hydrogens is 354 g/mol. The Hall–Kier alpha value is -3.13. The summed E-state index contributed by atoms with van der Waals surface area (Å²) in [4.78, 5) is 30.1. The van der Waals surface area contributed by atoms with Gasteiger partial charge in [-0.2, -0.15) is 0 Å². The van der Waals surface area contributed by atoms with Crippen molar-refractivity contribution in [3.05, 3.63) is 58.8 Å². The quantitative estimate of drug-likeness (QED) is 0.428. The first-order valence-corrected chi connectivity index (χ1v) is 9.22. The SMILES string of the molecule is C#Cc1cccc(C2C(C(=O)OCC=CC)=C(C)N=C(C)C2C(=O)OCC)c1. The van der Waals surface area contributed by atoms with E-state index in [9.17, 15) is 9.59 Å². The number of nitrogens with zero attached hydrogens (tertiary/aromatic N) is 1. The summed E-state index contributed by atoms with van der Waals surface area (Å²) in [5, 5.41) is 0. The average Bonchev–Trinajstić information content (AvgIpc) is 2.67. The predicted octanol–water partition coefficient (Wildman–Crippen LogP) is 3.80. The first-order chi connectivity index (χ1) is 13.4. The number of esters is 2. The van der Waals surface area contributed by atoms with Gasteiger partial charge >= 0.3 is 11.9 Å². The molecule has 0 aliphatic carbocycles. The van der Waals surface area contributed by atoms with Crippen molar-refractivity contribution in [1.82, 2.24) is 0 Å². The highest BCUT2D eigenvalue weighted by Crippen LogP contribution is 2.40. The van der Waals surface area contributed by atoms with Crippen molar-refractivity contribution in [2.24, 2.45) is 10.9 Å². The van der Waals surface area contributed by atoms with E-state index in [-0.39, 0.29) is 13.2 Å². The van der Waals surface area contributed by atoms with Gasteiger partial charge in [-0.25, -0.2) is 4.79 Å². The largest absolute Gasteiger partial charge is 0.465 e. The molecule has 0 fully saturated rings. The standard InChI is InChI=1S/C23H25NO4/c1-6-9-13-28-23(26)20-16(5)24-15(4)19(22(25)27-8-3)21(20)18-12-10-11-17(7-2)14-18/h2,6,9-12,14,19,21H,8,13H2,1,3-5H3. The number of aliphatic imine (C=N–C) groups is 1. The molecule has 2 unspecified atom stereocenters. The fraction of sp³-hybridized carbons (Fsp3) is 0.348. The van der Waals surface area contributed by atoms with Gasteiger partial charge in [0.25, 0.3) is 0 Å². The zero-order valence-corrected chi connectivity index (χ0v) is 16.7. The maximum absolute atomic E-state index is 12.9. The number of rotatable bonds is 6. The van der Waals surface area contributed by atoms with E-state index in [1.807, 2.05) is 25.1 Å². The van der Waals surface area contributed by atoms with Crippen LogP contribution in [0.1, 0.15) is 44.7 Å². The molecule has 1 aromatic rings. The minimum absolute atomic E-state index is 0.149. The van der Waals surface area contributed by atoms with Gasteiger partial charge in [0.1, 0.15) is 12.5 Å². The summed E-state index contributed by atoms with van der Waals surface area (Å²) in [6, 6.07) is 7.27. The minimum atomic E-state index is -0.721. The minimum Gasteiger partial charge on any atom is -0.465 e. The Bertz CT molecular complexity index is 886. The Kier molecular flexibility index (Phi) is 7.34. The third kappa shape index (κ3) is 4.58. The summed E-state index contributed by atoms with van der Waals surface area (Å²) in [5.41, 5.74) is 2.89. The van der Waals surface area contributed by atoms with Crippen molar-refractivity contribution in [3.63, 3.8) is 0 Å². The number of carbonyl (C=O) groups is 2. The number of hydrogen-bond acceptors (Lipinski definition) is 5. The molecule has 146 valence electrons. The third-order valence-corrected chi connectivity index (χ3v) is 4.55. The van der Waals surface area contributed by atoms with Crippen molar-refractivity contribution in [1.29, 1.82) is 0 Å². The van der Waals surface area contributed by atoms with Gasteiger partial charge in [0.2, 0.25) is 0 Å². The number of carbonyl (C=O) groups excluding carboxylic acids is 2. The molecule has 5 heteroatoms. The molecule has 1 aromatic carbocycles. The van der Waals surface area contributed by atoms with E-state index < -0.39 is 23.8 Å². The lowest BCUT2D eigenvalue weighted by Crippen LogP contribution is -2.36. The topological polar surface area (TPSA) is 65.0 Å². The number of ether oxygens (including phenoxy) is 2. The highest BCUT2D eigenvalue weighted by Gasteiger charge is 2.42. The van der Waals surface area contributed by atoms with Crippen LogP contribution in [0.4, 0.5) is 0 Å². The number of hydrogen-bond donors (Lipinski definition) is 0. The van der Waals surface area contributed by atoms with E-state index in [2.05, 4.69) is 10.9 Å². The summed E-state index contributed by atoms with van der Waals surface area (Å²) in [5.74, 6) is 0.367. The predicted molar refractivity (Wildman–Crippen MR) is 109 cm³/mol. The Labute approximate surface area is 166 Å². The van der Waals surface area contributed by atoms with Gasteiger partial charge in [0.05, 0.1) is 12.2 Å². The Morgan fingerprint density at radius 1 is 1.29 bits per heavy atom. The van der Waals surface area contributed by atoms with Crippen molar-refractivity contribution in [3.8, 4) is 12.3 Å².